The number of aromatic nitrogens is 2. The van der Waals surface area contributed by atoms with Crippen LogP contribution in [0.1, 0.15) is 55.8 Å². The summed E-state index contributed by atoms with van der Waals surface area (Å²) in [6, 6.07) is 1.01. The SMILES string of the molecule is FC(F)(F)c1cc([B-](c2cc(C(F)(F)F)cc(C(F)(F)F)c2)(c2cc(C(F)(F)F)cc(C(F)(F)F)c2)c2cc(C(F)(F)F)cc(C(F)(F)F)c2)cc(C(F)(F)F)c1.O=[N+]([O-])Cc1cncc[n+]1Cc1ccccc1. The minimum absolute atomic E-state index is 0.208. The number of hydrogen-bond acceptors (Lipinski definition) is 3. The van der Waals surface area contributed by atoms with Gasteiger partial charge in [0, 0.05) is 10.5 Å². The van der Waals surface area contributed by atoms with Gasteiger partial charge in [-0.1, -0.05) is 78.9 Å². The number of rotatable bonds is 8. The average Bonchev–Trinajstić information content (AvgIpc) is 3.25. The highest BCUT2D eigenvalue weighted by molar-refractivity contribution is 7.20. The molecule has 5 aromatic carbocycles. The fraction of sp³-hybridized carbons (Fsp3) is 0.227. The first-order valence-electron chi connectivity index (χ1n) is 19.9. The second kappa shape index (κ2) is 20.0. The number of hydrogen-bond donors (Lipinski definition) is 0. The van der Waals surface area contributed by atoms with Crippen molar-refractivity contribution in [3.05, 3.63) is 188 Å². The highest BCUT2D eigenvalue weighted by atomic mass is 19.4. The van der Waals surface area contributed by atoms with Gasteiger partial charge in [0.15, 0.2) is 12.7 Å². The number of benzene rings is 5. The molecule has 0 aliphatic rings. The van der Waals surface area contributed by atoms with Crippen LogP contribution in [-0.2, 0) is 62.5 Å². The first-order chi connectivity index (χ1) is 33.5. The van der Waals surface area contributed by atoms with Gasteiger partial charge in [-0.15, -0.1) is 0 Å². The second-order valence-electron chi connectivity index (χ2n) is 15.9. The predicted octanol–water partition coefficient (Wildman–Crippen LogP) is 12.4. The van der Waals surface area contributed by atoms with Crippen molar-refractivity contribution in [1.82, 2.24) is 4.98 Å². The first-order valence-corrected chi connectivity index (χ1v) is 19.9. The summed E-state index contributed by atoms with van der Waals surface area (Å²) in [6.07, 6.45) is -49.9. The minimum atomic E-state index is -6.13. The second-order valence-corrected chi connectivity index (χ2v) is 15.9. The van der Waals surface area contributed by atoms with E-state index in [0.29, 0.717) is 12.2 Å². The monoisotopic (exact) mass is 1090 g/mol. The summed E-state index contributed by atoms with van der Waals surface area (Å²) in [5.74, 6) is 0. The lowest BCUT2D eigenvalue weighted by Gasteiger charge is -2.46. The van der Waals surface area contributed by atoms with E-state index in [9.17, 15) is 115 Å². The molecule has 0 saturated heterocycles. The van der Waals surface area contributed by atoms with Crippen LogP contribution in [0.25, 0.3) is 0 Å². The lowest BCUT2D eigenvalue weighted by atomic mass is 9.12. The molecule has 0 amide bonds. The van der Waals surface area contributed by atoms with Crippen molar-refractivity contribution < 1.29 is 115 Å². The van der Waals surface area contributed by atoms with E-state index in [1.807, 2.05) is 34.9 Å². The topological polar surface area (TPSA) is 59.9 Å². The molecule has 0 saturated carbocycles. The summed E-state index contributed by atoms with van der Waals surface area (Å²) in [4.78, 5) is 14.1. The molecule has 6 aromatic rings. The van der Waals surface area contributed by atoms with Crippen LogP contribution in [0, 0.1) is 10.1 Å². The van der Waals surface area contributed by atoms with Gasteiger partial charge in [0.05, 0.1) is 50.7 Å². The van der Waals surface area contributed by atoms with Crippen molar-refractivity contribution in [3.8, 4) is 0 Å². The summed E-state index contributed by atoms with van der Waals surface area (Å²) in [5.41, 5.74) is -28.5. The van der Waals surface area contributed by atoms with Gasteiger partial charge >= 0.3 is 49.4 Å². The van der Waals surface area contributed by atoms with Gasteiger partial charge in [-0.25, -0.2) is 0 Å². The Bertz CT molecular complexity index is 2550. The lowest BCUT2D eigenvalue weighted by molar-refractivity contribution is -0.709. The first kappa shape index (κ1) is 57.9. The molecule has 0 fully saturated rings. The Kier molecular flexibility index (Phi) is 15.6. The van der Waals surface area contributed by atoms with Gasteiger partial charge in [-0.2, -0.15) is 132 Å². The van der Waals surface area contributed by atoms with Gasteiger partial charge in [0.25, 0.3) is 12.2 Å². The normalized spacial score (nSPS) is 13.4. The van der Waals surface area contributed by atoms with Crippen LogP contribution >= 0.6 is 0 Å². The Labute approximate surface area is 397 Å². The standard InChI is InChI=1S/C32H12BF24.C12H12N3O2/c34-25(35,36)13-1-14(26(37,38)39)6-21(5-13)33(22-7-15(27(40,41)42)2-16(8-22)28(43,44)45,23-9-17(29(46,47)48)3-18(10-23)30(49,50)51)24-11-19(31(52,53)54)4-20(12-24)32(55,56)57;16-15(17)10-12-8-13-6-7-14(12)9-11-4-2-1-3-5-11/h1-12H;1-8H,9-10H2/q-1;+1. The largest absolute Gasteiger partial charge is 0.416 e. The molecule has 0 bridgehead atoms. The molecule has 0 spiro atoms. The average molecular weight is 1090 g/mol. The van der Waals surface area contributed by atoms with Crippen molar-refractivity contribution in [2.75, 3.05) is 0 Å². The molecule has 0 aliphatic carbocycles. The maximum atomic E-state index is 14.2. The third-order valence-electron chi connectivity index (χ3n) is 10.9. The zero-order chi connectivity index (χ0) is 56.0. The van der Waals surface area contributed by atoms with E-state index in [1.165, 1.54) is 6.20 Å². The zero-order valence-corrected chi connectivity index (χ0v) is 35.8. The van der Waals surface area contributed by atoms with Crippen LogP contribution in [0.3, 0.4) is 0 Å². The van der Waals surface area contributed by atoms with Crippen LogP contribution in [0.15, 0.2) is 122 Å². The summed E-state index contributed by atoms with van der Waals surface area (Å²) in [5, 5.41) is 10.5. The van der Waals surface area contributed by atoms with Gasteiger partial charge in [-0.05, 0) is 24.3 Å². The maximum Gasteiger partial charge on any atom is 0.416 e. The summed E-state index contributed by atoms with van der Waals surface area (Å²) in [6.45, 7) is 0.410. The molecule has 0 radical (unpaired) electrons. The van der Waals surface area contributed by atoms with Gasteiger partial charge < -0.3 is 0 Å². The number of nitro groups is 1. The zero-order valence-electron chi connectivity index (χ0n) is 35.8. The van der Waals surface area contributed by atoms with Gasteiger partial charge in [0.2, 0.25) is 0 Å². The minimum Gasteiger partial charge on any atom is -0.264 e. The van der Waals surface area contributed by atoms with Crippen LogP contribution in [0.4, 0.5) is 105 Å². The third-order valence-corrected chi connectivity index (χ3v) is 10.9. The van der Waals surface area contributed by atoms with Gasteiger partial charge in [0.1, 0.15) is 12.3 Å². The highest BCUT2D eigenvalue weighted by Gasteiger charge is 2.47. The van der Waals surface area contributed by atoms with Crippen molar-refractivity contribution in [3.63, 3.8) is 0 Å². The molecule has 398 valence electrons. The van der Waals surface area contributed by atoms with E-state index in [-0.39, 0.29) is 11.5 Å². The maximum absolute atomic E-state index is 14.2. The summed E-state index contributed by atoms with van der Waals surface area (Å²) < 4.78 is 343. The highest BCUT2D eigenvalue weighted by Crippen LogP contribution is 2.41. The van der Waals surface area contributed by atoms with E-state index in [1.54, 1.807) is 12.4 Å². The Morgan fingerprint density at radius 1 is 0.419 bits per heavy atom. The Morgan fingerprint density at radius 3 is 0.905 bits per heavy atom. The third kappa shape index (κ3) is 13.6. The van der Waals surface area contributed by atoms with Crippen molar-refractivity contribution in [2.24, 2.45) is 0 Å². The van der Waals surface area contributed by atoms with E-state index in [0.717, 1.165) is 5.56 Å². The molecule has 30 heteroatoms. The van der Waals surface area contributed by atoms with Crippen LogP contribution in [0.5, 0.6) is 0 Å². The lowest BCUT2D eigenvalue weighted by Crippen LogP contribution is -2.75. The van der Waals surface area contributed by atoms with E-state index >= 15 is 0 Å². The molecule has 0 unspecified atom stereocenters. The smallest absolute Gasteiger partial charge is 0.264 e. The van der Waals surface area contributed by atoms with Crippen LogP contribution < -0.4 is 26.4 Å². The fourth-order valence-corrected chi connectivity index (χ4v) is 7.69. The Balaban J connectivity index is 0.000000500. The molecule has 0 N–H and O–H groups in total. The molecule has 0 atom stereocenters. The fourth-order valence-electron chi connectivity index (χ4n) is 7.69. The molecule has 1 heterocycles. The molecule has 74 heavy (non-hydrogen) atoms. The van der Waals surface area contributed by atoms with Gasteiger partial charge in [-0.3, -0.25) is 15.1 Å². The number of halogens is 24. The van der Waals surface area contributed by atoms with E-state index in [4.69, 9.17) is 0 Å². The molecule has 5 nitrogen and oxygen atoms in total. The van der Waals surface area contributed by atoms with E-state index in [2.05, 4.69) is 4.98 Å². The molecular weight excluding hydrogens is 1070 g/mol. The van der Waals surface area contributed by atoms with Crippen molar-refractivity contribution >= 4 is 28.0 Å². The summed E-state index contributed by atoms with van der Waals surface area (Å²) >= 11 is 0. The Hall–Kier alpha value is -7.04. The molecule has 6 rings (SSSR count). The molecule has 1 aromatic heterocycles. The molecule has 0 aliphatic heterocycles. The van der Waals surface area contributed by atoms with Crippen molar-refractivity contribution in [1.29, 1.82) is 0 Å². The molecular formula is C44H24BF24N3O2. The summed E-state index contributed by atoms with van der Waals surface area (Å²) in [7, 11) is 0. The van der Waals surface area contributed by atoms with Crippen LogP contribution in [0.2, 0.25) is 0 Å². The predicted molar refractivity (Wildman–Crippen MR) is 211 cm³/mol. The Morgan fingerprint density at radius 2 is 0.676 bits per heavy atom. The number of nitrogens with zero attached hydrogens (tertiary/aromatic N) is 3. The van der Waals surface area contributed by atoms with E-state index < -0.39 is 195 Å². The quantitative estimate of drug-likeness (QED) is 0.0502. The van der Waals surface area contributed by atoms with Crippen molar-refractivity contribution in [2.45, 2.75) is 62.5 Å². The number of alkyl halides is 24. The van der Waals surface area contributed by atoms with Crippen LogP contribution in [-0.4, -0.2) is 16.1 Å².